The minimum Gasteiger partial charge on any atom is -0.469 e. The van der Waals surface area contributed by atoms with E-state index in [4.69, 9.17) is 37.5 Å². The Hall–Kier alpha value is -2.19. The van der Waals surface area contributed by atoms with Crippen LogP contribution in [-0.2, 0) is 14.4 Å². The number of benzene rings is 1. The van der Waals surface area contributed by atoms with E-state index in [1.807, 2.05) is 6.07 Å². The molecule has 28 heavy (non-hydrogen) atoms. The summed E-state index contributed by atoms with van der Waals surface area (Å²) in [6.07, 6.45) is 0.948. The van der Waals surface area contributed by atoms with E-state index < -0.39 is 5.97 Å². The van der Waals surface area contributed by atoms with Gasteiger partial charge < -0.3 is 19.6 Å². The lowest BCUT2D eigenvalue weighted by Gasteiger charge is -2.26. The van der Waals surface area contributed by atoms with Crippen molar-refractivity contribution in [1.29, 1.82) is 0 Å². The lowest BCUT2D eigenvalue weighted by molar-refractivity contribution is -0.140. The molecular formula is C19H17Cl2N3O4. The summed E-state index contributed by atoms with van der Waals surface area (Å²) in [5.74, 6) is -0.0418. The molecule has 0 radical (unpaired) electrons. The maximum atomic E-state index is 11.4. The Labute approximate surface area is 171 Å². The van der Waals surface area contributed by atoms with E-state index in [0.29, 0.717) is 46.9 Å². The van der Waals surface area contributed by atoms with E-state index in [9.17, 15) is 4.79 Å². The van der Waals surface area contributed by atoms with Crippen LogP contribution in [0.3, 0.4) is 0 Å². The van der Waals surface area contributed by atoms with Gasteiger partial charge in [0.1, 0.15) is 17.9 Å². The number of pyridine rings is 1. The van der Waals surface area contributed by atoms with Gasteiger partial charge in [0.25, 0.3) is 0 Å². The molecule has 2 atom stereocenters. The molecule has 0 spiro atoms. The second-order valence-corrected chi connectivity index (χ2v) is 7.17. The number of carbonyl (C=O) groups is 1. The number of ether oxygens (including phenoxy) is 2. The first-order chi connectivity index (χ1) is 13.6. The predicted octanol–water partition coefficient (Wildman–Crippen LogP) is 3.15. The number of oxime groups is 1. The van der Waals surface area contributed by atoms with Crippen molar-refractivity contribution in [3.8, 4) is 5.88 Å². The van der Waals surface area contributed by atoms with E-state index in [1.165, 1.54) is 0 Å². The summed E-state index contributed by atoms with van der Waals surface area (Å²) in [5, 5.41) is 8.05. The highest BCUT2D eigenvalue weighted by Crippen LogP contribution is 2.32. The lowest BCUT2D eigenvalue weighted by Crippen LogP contribution is -2.35. The molecule has 2 aromatic rings. The second-order valence-electron chi connectivity index (χ2n) is 6.36. The zero-order chi connectivity index (χ0) is 19.5. The summed E-state index contributed by atoms with van der Waals surface area (Å²) in [5.41, 5.74) is 1.96. The number of aromatic nitrogens is 1. The van der Waals surface area contributed by atoms with Gasteiger partial charge >= 0.3 is 5.97 Å². The molecule has 1 N–H and O–H groups in total. The van der Waals surface area contributed by atoms with Crippen LogP contribution in [0.2, 0.25) is 10.0 Å². The summed E-state index contributed by atoms with van der Waals surface area (Å²) in [7, 11) is 0. The highest BCUT2D eigenvalue weighted by atomic mass is 35.5. The summed E-state index contributed by atoms with van der Waals surface area (Å²) in [4.78, 5) is 20.5. The normalized spacial score (nSPS) is 22.4. The molecule has 1 fully saturated rings. The molecule has 0 bridgehead atoms. The van der Waals surface area contributed by atoms with Crippen LogP contribution in [0.1, 0.15) is 23.7 Å². The van der Waals surface area contributed by atoms with Gasteiger partial charge in [0.2, 0.25) is 5.88 Å². The Morgan fingerprint density at radius 1 is 1.21 bits per heavy atom. The summed E-state index contributed by atoms with van der Waals surface area (Å²) >= 11 is 12.2. The summed E-state index contributed by atoms with van der Waals surface area (Å²) in [6.45, 7) is 1.76. The minimum atomic E-state index is -0.405. The van der Waals surface area contributed by atoms with Crippen molar-refractivity contribution >= 4 is 34.9 Å². The number of rotatable bonds is 4. The standard InChI is InChI=1S/C19H17Cl2N3O4/c20-13-4-3-11(8-14(13)21)18-16(10-22-6-7-26-18)27-19-12(2-1-5-23-19)15-9-17(25)28-24-15/h1-5,8,16,18,22H,6-7,9-10H2. The quantitative estimate of drug-likeness (QED) is 0.763. The van der Waals surface area contributed by atoms with Gasteiger partial charge in [-0.15, -0.1) is 0 Å². The summed E-state index contributed by atoms with van der Waals surface area (Å²) < 4.78 is 12.3. The Bertz CT molecular complexity index is 922. The first kappa shape index (κ1) is 19.1. The molecule has 2 unspecified atom stereocenters. The number of halogens is 2. The SMILES string of the molecule is O=C1CC(c2cccnc2OC2CNCCOC2c2ccc(Cl)c(Cl)c2)=NO1. The number of nitrogens with one attached hydrogen (secondary N) is 1. The van der Waals surface area contributed by atoms with E-state index in [1.54, 1.807) is 30.5 Å². The molecule has 0 amide bonds. The van der Waals surface area contributed by atoms with Crippen molar-refractivity contribution in [2.75, 3.05) is 19.7 Å². The number of carbonyl (C=O) groups excluding carboxylic acids is 1. The molecule has 146 valence electrons. The van der Waals surface area contributed by atoms with E-state index in [-0.39, 0.29) is 18.6 Å². The van der Waals surface area contributed by atoms with Crippen LogP contribution in [0, 0.1) is 0 Å². The molecule has 3 heterocycles. The van der Waals surface area contributed by atoms with Gasteiger partial charge in [0, 0.05) is 19.3 Å². The number of hydrogen-bond donors (Lipinski definition) is 1. The van der Waals surface area contributed by atoms with E-state index >= 15 is 0 Å². The molecule has 4 rings (SSSR count). The first-order valence-corrected chi connectivity index (χ1v) is 9.53. The molecular weight excluding hydrogens is 405 g/mol. The van der Waals surface area contributed by atoms with Crippen LogP contribution in [0.4, 0.5) is 0 Å². The Morgan fingerprint density at radius 3 is 2.89 bits per heavy atom. The van der Waals surface area contributed by atoms with Crippen molar-refractivity contribution in [2.45, 2.75) is 18.6 Å². The average Bonchev–Trinajstić information content (AvgIpc) is 2.99. The van der Waals surface area contributed by atoms with Crippen LogP contribution in [0.15, 0.2) is 41.7 Å². The topological polar surface area (TPSA) is 82.0 Å². The molecule has 1 aromatic heterocycles. The smallest absolute Gasteiger partial charge is 0.341 e. The van der Waals surface area contributed by atoms with Crippen LogP contribution in [0.5, 0.6) is 5.88 Å². The van der Waals surface area contributed by atoms with Gasteiger partial charge in [0.15, 0.2) is 0 Å². The number of nitrogens with zero attached hydrogens (tertiary/aromatic N) is 2. The summed E-state index contributed by atoms with van der Waals surface area (Å²) in [6, 6.07) is 8.94. The van der Waals surface area contributed by atoms with Crippen molar-refractivity contribution in [2.24, 2.45) is 5.16 Å². The maximum absolute atomic E-state index is 11.4. The molecule has 1 aromatic carbocycles. The Balaban J connectivity index is 1.63. The van der Waals surface area contributed by atoms with Crippen LogP contribution >= 0.6 is 23.2 Å². The monoisotopic (exact) mass is 421 g/mol. The Morgan fingerprint density at radius 2 is 2.11 bits per heavy atom. The molecule has 2 aliphatic heterocycles. The van der Waals surface area contributed by atoms with Gasteiger partial charge in [-0.25, -0.2) is 9.78 Å². The molecule has 9 heteroatoms. The molecule has 1 saturated heterocycles. The van der Waals surface area contributed by atoms with Crippen molar-refractivity contribution in [3.63, 3.8) is 0 Å². The third kappa shape index (κ3) is 4.12. The predicted molar refractivity (Wildman–Crippen MR) is 104 cm³/mol. The van der Waals surface area contributed by atoms with Crippen LogP contribution < -0.4 is 10.1 Å². The molecule has 0 saturated carbocycles. The van der Waals surface area contributed by atoms with Gasteiger partial charge in [0.05, 0.1) is 28.6 Å². The van der Waals surface area contributed by atoms with Gasteiger partial charge in [-0.2, -0.15) is 0 Å². The highest BCUT2D eigenvalue weighted by Gasteiger charge is 2.31. The fraction of sp³-hybridized carbons (Fsp3) is 0.316. The molecule has 7 nitrogen and oxygen atoms in total. The van der Waals surface area contributed by atoms with E-state index in [0.717, 1.165) is 5.56 Å². The largest absolute Gasteiger partial charge is 0.469 e. The van der Waals surface area contributed by atoms with Crippen molar-refractivity contribution < 1.29 is 19.1 Å². The van der Waals surface area contributed by atoms with E-state index in [2.05, 4.69) is 15.5 Å². The zero-order valence-electron chi connectivity index (χ0n) is 14.7. The van der Waals surface area contributed by atoms with Crippen LogP contribution in [0.25, 0.3) is 0 Å². The third-order valence-corrected chi connectivity index (χ3v) is 5.19. The minimum absolute atomic E-state index is 0.0810. The Kier molecular flexibility index (Phi) is 5.77. The van der Waals surface area contributed by atoms with Gasteiger partial charge in [-0.05, 0) is 29.8 Å². The van der Waals surface area contributed by atoms with Gasteiger partial charge in [-0.3, -0.25) is 0 Å². The fourth-order valence-corrected chi connectivity index (χ4v) is 3.43. The third-order valence-electron chi connectivity index (χ3n) is 4.45. The van der Waals surface area contributed by atoms with Crippen LogP contribution in [-0.4, -0.2) is 42.5 Å². The highest BCUT2D eigenvalue weighted by molar-refractivity contribution is 6.42. The van der Waals surface area contributed by atoms with Crippen molar-refractivity contribution in [3.05, 3.63) is 57.7 Å². The average molecular weight is 422 g/mol. The van der Waals surface area contributed by atoms with Gasteiger partial charge in [-0.1, -0.05) is 34.4 Å². The number of hydrogen-bond acceptors (Lipinski definition) is 7. The lowest BCUT2D eigenvalue weighted by atomic mass is 10.0. The maximum Gasteiger partial charge on any atom is 0.341 e. The fourth-order valence-electron chi connectivity index (χ4n) is 3.12. The zero-order valence-corrected chi connectivity index (χ0v) is 16.2. The second kappa shape index (κ2) is 8.45. The van der Waals surface area contributed by atoms with Crippen molar-refractivity contribution in [1.82, 2.24) is 10.3 Å². The molecule has 2 aliphatic rings. The molecule has 0 aliphatic carbocycles. The first-order valence-electron chi connectivity index (χ1n) is 8.78.